The molecule has 0 aromatic carbocycles. The average molecular weight is 186 g/mol. The minimum atomic E-state index is 0.476. The van der Waals surface area contributed by atoms with Crippen molar-refractivity contribution in [3.8, 4) is 0 Å². The number of hydrogen-bond acceptors (Lipinski definition) is 1. The lowest BCUT2D eigenvalue weighted by Gasteiger charge is -1.98. The van der Waals surface area contributed by atoms with Gasteiger partial charge in [-0.05, 0) is 6.42 Å². The molecule has 2 heteroatoms. The second kappa shape index (κ2) is 8.98. The second-order valence-corrected chi connectivity index (χ2v) is 4.69. The quantitative estimate of drug-likeness (QED) is 0.419. The molecule has 0 saturated heterocycles. The molecule has 0 aromatic rings. The number of rotatable bonds is 8. The van der Waals surface area contributed by atoms with Gasteiger partial charge in [-0.2, -0.15) is 0 Å². The van der Waals surface area contributed by atoms with Crippen LogP contribution in [0.25, 0.3) is 0 Å². The Morgan fingerprint density at radius 1 is 1.00 bits per heavy atom. The van der Waals surface area contributed by atoms with Crippen LogP contribution in [0, 0.1) is 0 Å². The highest BCUT2D eigenvalue weighted by Crippen LogP contribution is 2.07. The molecule has 0 aliphatic rings. The molecule has 0 fully saturated rings. The zero-order valence-corrected chi connectivity index (χ0v) is 10.6. The minimum absolute atomic E-state index is 0.476. The van der Waals surface area contributed by atoms with Crippen LogP contribution < -0.4 is 0 Å². The van der Waals surface area contributed by atoms with E-state index < -0.39 is 0 Å². The topological polar surface area (TPSA) is 17.1 Å². The summed E-state index contributed by atoms with van der Waals surface area (Å²) in [5.41, 5.74) is 0. The zero-order valence-electron chi connectivity index (χ0n) is 8.57. The fraction of sp³-hybridized carbons (Fsp3) is 0.900. The Kier molecular flexibility index (Phi) is 8.89. The van der Waals surface area contributed by atoms with Gasteiger partial charge in [-0.1, -0.05) is 45.4 Å². The van der Waals surface area contributed by atoms with Gasteiger partial charge in [0.05, 0.1) is 10.2 Å². The lowest BCUT2D eigenvalue weighted by atomic mass is 10.1. The fourth-order valence-corrected chi connectivity index (χ4v) is 1.68. The summed E-state index contributed by atoms with van der Waals surface area (Å²) < 4.78 is 0. The maximum Gasteiger partial charge on any atom is 0.100 e. The van der Waals surface area contributed by atoms with Crippen molar-refractivity contribution < 1.29 is 4.79 Å². The highest BCUT2D eigenvalue weighted by atomic mass is 28.1. The van der Waals surface area contributed by atoms with Gasteiger partial charge in [0.1, 0.15) is 5.41 Å². The van der Waals surface area contributed by atoms with Gasteiger partial charge in [0.15, 0.2) is 0 Å². The van der Waals surface area contributed by atoms with E-state index >= 15 is 0 Å². The summed E-state index contributed by atoms with van der Waals surface area (Å²) in [4.78, 5) is 10.6. The van der Waals surface area contributed by atoms with Crippen LogP contribution in [-0.4, -0.2) is 15.6 Å². The van der Waals surface area contributed by atoms with Gasteiger partial charge in [-0.15, -0.1) is 0 Å². The molecule has 12 heavy (non-hydrogen) atoms. The Morgan fingerprint density at radius 2 is 1.50 bits per heavy atom. The summed E-state index contributed by atoms with van der Waals surface area (Å²) in [7, 11) is 0.750. The summed E-state index contributed by atoms with van der Waals surface area (Å²) in [6.07, 6.45) is 10.0. The molecule has 0 amide bonds. The van der Waals surface area contributed by atoms with Crippen molar-refractivity contribution in [3.05, 3.63) is 0 Å². The van der Waals surface area contributed by atoms with Crippen molar-refractivity contribution >= 4 is 15.6 Å². The van der Waals surface area contributed by atoms with Crippen LogP contribution in [0.15, 0.2) is 0 Å². The summed E-state index contributed by atoms with van der Waals surface area (Å²) in [5, 5.41) is 0.476. The van der Waals surface area contributed by atoms with Crippen molar-refractivity contribution in [1.29, 1.82) is 0 Å². The van der Waals surface area contributed by atoms with Crippen LogP contribution in [0.5, 0.6) is 0 Å². The van der Waals surface area contributed by atoms with E-state index in [0.717, 1.165) is 23.1 Å². The third kappa shape index (κ3) is 9.89. The van der Waals surface area contributed by atoms with Crippen molar-refractivity contribution in [2.75, 3.05) is 0 Å². The van der Waals surface area contributed by atoms with Crippen molar-refractivity contribution in [3.63, 3.8) is 0 Å². The molecule has 0 aliphatic carbocycles. The van der Waals surface area contributed by atoms with Crippen LogP contribution in [0.1, 0.15) is 58.3 Å². The van der Waals surface area contributed by atoms with E-state index in [1.54, 1.807) is 0 Å². The standard InChI is InChI=1S/C10H22OSi/c1-2-3-4-5-6-7-8-9-10(11)12/h2-9H2,1,12H3. The predicted octanol–water partition coefficient (Wildman–Crippen LogP) is 2.02. The minimum Gasteiger partial charge on any atom is -0.307 e. The van der Waals surface area contributed by atoms with Crippen molar-refractivity contribution in [2.45, 2.75) is 58.3 Å². The fourth-order valence-electron chi connectivity index (χ4n) is 1.33. The first kappa shape index (κ1) is 11.9. The molecule has 0 spiro atoms. The zero-order chi connectivity index (χ0) is 9.23. The van der Waals surface area contributed by atoms with E-state index in [1.165, 1.54) is 38.5 Å². The molecule has 0 unspecified atom stereocenters. The van der Waals surface area contributed by atoms with E-state index in [9.17, 15) is 4.79 Å². The van der Waals surface area contributed by atoms with Gasteiger partial charge in [-0.3, -0.25) is 0 Å². The monoisotopic (exact) mass is 186 g/mol. The Bertz CT molecular complexity index is 112. The largest absolute Gasteiger partial charge is 0.307 e. The van der Waals surface area contributed by atoms with Crippen molar-refractivity contribution in [2.24, 2.45) is 0 Å². The Hall–Kier alpha value is -0.113. The summed E-state index contributed by atoms with van der Waals surface area (Å²) >= 11 is 0. The molecule has 0 N–H and O–H groups in total. The van der Waals surface area contributed by atoms with E-state index in [4.69, 9.17) is 0 Å². The highest BCUT2D eigenvalue weighted by molar-refractivity contribution is 6.57. The SMILES string of the molecule is CCCCCCCCCC(=O)[SiH3]. The van der Waals surface area contributed by atoms with Gasteiger partial charge >= 0.3 is 0 Å². The van der Waals surface area contributed by atoms with Gasteiger partial charge in [-0.25, -0.2) is 0 Å². The lowest BCUT2D eigenvalue weighted by Crippen LogP contribution is -1.94. The second-order valence-electron chi connectivity index (χ2n) is 3.57. The molecule has 0 bridgehead atoms. The molecule has 0 aliphatic heterocycles. The highest BCUT2D eigenvalue weighted by Gasteiger charge is 1.93. The molecule has 0 saturated carbocycles. The molecule has 0 aromatic heterocycles. The number of carbonyl (C=O) groups is 1. The lowest BCUT2D eigenvalue weighted by molar-refractivity contribution is -0.111. The van der Waals surface area contributed by atoms with E-state index in [1.807, 2.05) is 0 Å². The number of carbonyl (C=O) groups excluding carboxylic acids is 1. The molecule has 72 valence electrons. The molecule has 0 heterocycles. The van der Waals surface area contributed by atoms with E-state index in [0.29, 0.717) is 5.41 Å². The van der Waals surface area contributed by atoms with Gasteiger partial charge in [0.2, 0.25) is 0 Å². The van der Waals surface area contributed by atoms with Gasteiger partial charge < -0.3 is 4.79 Å². The molecular formula is C10H22OSi. The van der Waals surface area contributed by atoms with E-state index in [-0.39, 0.29) is 0 Å². The normalized spacial score (nSPS) is 10.4. The van der Waals surface area contributed by atoms with Crippen LogP contribution in [0.4, 0.5) is 0 Å². The summed E-state index contributed by atoms with van der Waals surface area (Å²) in [6.45, 7) is 2.24. The Balaban J connectivity index is 2.86. The Morgan fingerprint density at radius 3 is 2.00 bits per heavy atom. The maximum absolute atomic E-state index is 10.6. The summed E-state index contributed by atoms with van der Waals surface area (Å²) in [6, 6.07) is 0. The number of unbranched alkanes of at least 4 members (excludes halogenated alkanes) is 6. The summed E-state index contributed by atoms with van der Waals surface area (Å²) in [5.74, 6) is 0. The van der Waals surface area contributed by atoms with Crippen LogP contribution in [-0.2, 0) is 4.79 Å². The van der Waals surface area contributed by atoms with E-state index in [2.05, 4.69) is 6.92 Å². The van der Waals surface area contributed by atoms with Crippen LogP contribution in [0.3, 0.4) is 0 Å². The first-order valence-electron chi connectivity index (χ1n) is 5.26. The molecular weight excluding hydrogens is 164 g/mol. The first-order chi connectivity index (χ1) is 5.77. The average Bonchev–Trinajstić information content (AvgIpc) is 2.02. The van der Waals surface area contributed by atoms with Crippen molar-refractivity contribution in [1.82, 2.24) is 0 Å². The molecule has 0 atom stereocenters. The molecule has 0 rings (SSSR count). The maximum atomic E-state index is 10.6. The van der Waals surface area contributed by atoms with Crippen LogP contribution in [0.2, 0.25) is 0 Å². The predicted molar refractivity (Wildman–Crippen MR) is 57.6 cm³/mol. The van der Waals surface area contributed by atoms with Gasteiger partial charge in [0, 0.05) is 6.42 Å². The molecule has 0 radical (unpaired) electrons. The first-order valence-corrected chi connectivity index (χ1v) is 6.26. The third-order valence-electron chi connectivity index (χ3n) is 2.13. The van der Waals surface area contributed by atoms with Gasteiger partial charge in [0.25, 0.3) is 0 Å². The number of hydrogen-bond donors (Lipinski definition) is 0. The third-order valence-corrected chi connectivity index (χ3v) is 2.63. The van der Waals surface area contributed by atoms with Crippen LogP contribution >= 0.6 is 0 Å². The smallest absolute Gasteiger partial charge is 0.100 e. The Labute approximate surface area is 79.4 Å². The molecule has 1 nitrogen and oxygen atoms in total.